The van der Waals surface area contributed by atoms with Crippen molar-refractivity contribution >= 4 is 5.97 Å². The van der Waals surface area contributed by atoms with E-state index >= 15 is 0 Å². The van der Waals surface area contributed by atoms with Crippen molar-refractivity contribution in [1.29, 1.82) is 0 Å². The van der Waals surface area contributed by atoms with Crippen LogP contribution in [0.15, 0.2) is 66.7 Å². The van der Waals surface area contributed by atoms with Gasteiger partial charge in [-0.1, -0.05) is 80.6 Å². The highest BCUT2D eigenvalue weighted by molar-refractivity contribution is 5.76. The largest absolute Gasteiger partial charge is 0.481 e. The number of carboxylic acid groups (broad SMARTS) is 1. The summed E-state index contributed by atoms with van der Waals surface area (Å²) in [7, 11) is 0. The molecule has 2 aromatic carbocycles. The minimum absolute atomic E-state index is 0.131. The summed E-state index contributed by atoms with van der Waals surface area (Å²) in [5, 5.41) is 9.40. The van der Waals surface area contributed by atoms with E-state index in [2.05, 4.69) is 56.3 Å². The van der Waals surface area contributed by atoms with Gasteiger partial charge >= 0.3 is 5.97 Å². The Labute approximate surface area is 151 Å². The van der Waals surface area contributed by atoms with E-state index in [0.717, 1.165) is 6.42 Å². The summed E-state index contributed by atoms with van der Waals surface area (Å²) in [6, 6.07) is 19.0. The second kappa shape index (κ2) is 8.15. The first kappa shape index (κ1) is 19.0. The fraction of sp³-hybridized carbons (Fsp3) is 0.348. The molecule has 2 nitrogen and oxygen atoms in total. The zero-order valence-corrected chi connectivity index (χ0v) is 15.6. The van der Waals surface area contributed by atoms with Crippen molar-refractivity contribution in [1.82, 2.24) is 0 Å². The van der Waals surface area contributed by atoms with Gasteiger partial charge in [0.1, 0.15) is 0 Å². The van der Waals surface area contributed by atoms with Crippen LogP contribution in [0.4, 0.5) is 0 Å². The average molecular weight is 336 g/mol. The van der Waals surface area contributed by atoms with Crippen molar-refractivity contribution in [3.05, 3.63) is 83.4 Å². The highest BCUT2D eigenvalue weighted by Crippen LogP contribution is 2.35. The molecule has 0 spiro atoms. The number of benzene rings is 2. The molecule has 2 unspecified atom stereocenters. The Balaban J connectivity index is 2.40. The molecule has 2 aromatic rings. The molecule has 0 aliphatic carbocycles. The van der Waals surface area contributed by atoms with Crippen LogP contribution in [0.3, 0.4) is 0 Å². The monoisotopic (exact) mass is 336 g/mol. The number of carboxylic acids is 1. The van der Waals surface area contributed by atoms with E-state index in [0.29, 0.717) is 0 Å². The predicted molar refractivity (Wildman–Crippen MR) is 104 cm³/mol. The molecule has 2 atom stereocenters. The van der Waals surface area contributed by atoms with Gasteiger partial charge in [-0.15, -0.1) is 0 Å². The van der Waals surface area contributed by atoms with E-state index in [4.69, 9.17) is 0 Å². The highest BCUT2D eigenvalue weighted by atomic mass is 16.4. The minimum atomic E-state index is -0.877. The summed E-state index contributed by atoms with van der Waals surface area (Å²) < 4.78 is 0. The summed E-state index contributed by atoms with van der Waals surface area (Å²) in [6.07, 6.45) is 4.90. The molecule has 2 rings (SSSR count). The number of aryl methyl sites for hydroxylation is 1. The molecule has 0 fully saturated rings. The molecule has 0 bridgehead atoms. The normalized spacial score (nSPS) is 14.4. The third kappa shape index (κ3) is 4.82. The van der Waals surface area contributed by atoms with Crippen molar-refractivity contribution in [2.24, 2.45) is 5.41 Å². The summed E-state index contributed by atoms with van der Waals surface area (Å²) in [4.78, 5) is 11.4. The van der Waals surface area contributed by atoms with Crippen LogP contribution in [0.1, 0.15) is 56.2 Å². The van der Waals surface area contributed by atoms with E-state index in [1.165, 1.54) is 16.7 Å². The van der Waals surface area contributed by atoms with E-state index in [1.54, 1.807) is 13.8 Å². The third-order valence-corrected chi connectivity index (χ3v) is 4.91. The van der Waals surface area contributed by atoms with Gasteiger partial charge in [0.2, 0.25) is 0 Å². The number of hydrogen-bond acceptors (Lipinski definition) is 1. The van der Waals surface area contributed by atoms with Gasteiger partial charge < -0.3 is 5.11 Å². The second-order valence-electron chi connectivity index (χ2n) is 7.21. The summed E-state index contributed by atoms with van der Waals surface area (Å²) in [6.45, 7) is 7.81. The molecule has 0 saturated carbocycles. The van der Waals surface area contributed by atoms with Gasteiger partial charge in [0.25, 0.3) is 0 Å². The van der Waals surface area contributed by atoms with Gasteiger partial charge in [-0.2, -0.15) is 0 Å². The molecule has 0 radical (unpaired) electrons. The molecule has 0 saturated heterocycles. The van der Waals surface area contributed by atoms with E-state index in [9.17, 15) is 9.90 Å². The van der Waals surface area contributed by atoms with Crippen LogP contribution in [0.25, 0.3) is 0 Å². The third-order valence-electron chi connectivity index (χ3n) is 4.91. The number of allylic oxidation sites excluding steroid dienone is 1. The Morgan fingerprint density at radius 1 is 1.04 bits per heavy atom. The lowest BCUT2D eigenvalue weighted by Gasteiger charge is -2.24. The van der Waals surface area contributed by atoms with Crippen molar-refractivity contribution in [3.63, 3.8) is 0 Å². The van der Waals surface area contributed by atoms with Gasteiger partial charge in [0.15, 0.2) is 0 Å². The number of rotatable bonds is 7. The molecular weight excluding hydrogens is 308 g/mol. The highest BCUT2D eigenvalue weighted by Gasteiger charge is 2.25. The molecule has 0 heterocycles. The number of hydrogen-bond donors (Lipinski definition) is 1. The van der Waals surface area contributed by atoms with Crippen LogP contribution in [-0.2, 0) is 11.2 Å². The Morgan fingerprint density at radius 3 is 2.16 bits per heavy atom. The average Bonchev–Trinajstić information content (AvgIpc) is 2.62. The summed E-state index contributed by atoms with van der Waals surface area (Å²) in [5.41, 5.74) is 2.90. The number of aliphatic carboxylic acids is 1. The Bertz CT molecular complexity index is 712. The summed E-state index contributed by atoms with van der Waals surface area (Å²) >= 11 is 0. The van der Waals surface area contributed by atoms with Gasteiger partial charge in [-0.05, 0) is 42.9 Å². The maximum Gasteiger partial charge on any atom is 0.312 e. The fourth-order valence-corrected chi connectivity index (χ4v) is 2.92. The standard InChI is InChI=1S/C23H28O2/c1-5-18-11-13-20(14-12-18)21(15-16-23(3,4)22(24)25)17(2)19-9-7-6-8-10-19/h6-17,21H,5H2,1-4H3,(H,24,25). The molecule has 2 heteroatoms. The molecule has 0 aliphatic heterocycles. The molecule has 0 aromatic heterocycles. The maximum absolute atomic E-state index is 11.4. The van der Waals surface area contributed by atoms with Crippen LogP contribution < -0.4 is 0 Å². The Hall–Kier alpha value is -2.35. The SMILES string of the molecule is CCc1ccc(C(C=CC(C)(C)C(=O)O)C(C)c2ccccc2)cc1. The van der Waals surface area contributed by atoms with Crippen LogP contribution in [0.5, 0.6) is 0 Å². The predicted octanol–water partition coefficient (Wildman–Crippen LogP) is 5.80. The molecule has 132 valence electrons. The Kier molecular flexibility index (Phi) is 6.19. The van der Waals surface area contributed by atoms with E-state index < -0.39 is 11.4 Å². The molecule has 1 N–H and O–H groups in total. The Morgan fingerprint density at radius 2 is 1.64 bits per heavy atom. The van der Waals surface area contributed by atoms with Gasteiger partial charge in [0.05, 0.1) is 5.41 Å². The summed E-state index contributed by atoms with van der Waals surface area (Å²) in [5.74, 6) is -0.419. The lowest BCUT2D eigenvalue weighted by atomic mass is 9.80. The van der Waals surface area contributed by atoms with Gasteiger partial charge in [-0.25, -0.2) is 0 Å². The van der Waals surface area contributed by atoms with Crippen LogP contribution in [0.2, 0.25) is 0 Å². The number of carbonyl (C=O) groups is 1. The van der Waals surface area contributed by atoms with Crippen molar-refractivity contribution in [3.8, 4) is 0 Å². The first-order chi connectivity index (χ1) is 11.8. The van der Waals surface area contributed by atoms with Crippen LogP contribution >= 0.6 is 0 Å². The van der Waals surface area contributed by atoms with Gasteiger partial charge in [-0.3, -0.25) is 4.79 Å². The van der Waals surface area contributed by atoms with Crippen molar-refractivity contribution < 1.29 is 9.90 Å². The van der Waals surface area contributed by atoms with Crippen LogP contribution in [0, 0.1) is 5.41 Å². The van der Waals surface area contributed by atoms with Crippen molar-refractivity contribution in [2.45, 2.75) is 46.0 Å². The van der Waals surface area contributed by atoms with Crippen molar-refractivity contribution in [2.75, 3.05) is 0 Å². The topological polar surface area (TPSA) is 37.3 Å². The zero-order valence-electron chi connectivity index (χ0n) is 15.6. The maximum atomic E-state index is 11.4. The molecular formula is C23H28O2. The van der Waals surface area contributed by atoms with E-state index in [1.807, 2.05) is 24.3 Å². The fourth-order valence-electron chi connectivity index (χ4n) is 2.92. The van der Waals surface area contributed by atoms with Gasteiger partial charge in [0, 0.05) is 5.92 Å². The second-order valence-corrected chi connectivity index (χ2v) is 7.21. The molecule has 25 heavy (non-hydrogen) atoms. The lowest BCUT2D eigenvalue weighted by Crippen LogP contribution is -2.21. The van der Waals surface area contributed by atoms with Crippen LogP contribution in [-0.4, -0.2) is 11.1 Å². The quantitative estimate of drug-likeness (QED) is 0.648. The first-order valence-corrected chi connectivity index (χ1v) is 8.91. The molecule has 0 aliphatic rings. The molecule has 0 amide bonds. The smallest absolute Gasteiger partial charge is 0.312 e. The lowest BCUT2D eigenvalue weighted by molar-refractivity contribution is -0.144. The van der Waals surface area contributed by atoms with E-state index in [-0.39, 0.29) is 11.8 Å². The first-order valence-electron chi connectivity index (χ1n) is 8.91. The zero-order chi connectivity index (χ0) is 18.4. The minimum Gasteiger partial charge on any atom is -0.481 e.